The van der Waals surface area contributed by atoms with E-state index < -0.39 is 0 Å². The average Bonchev–Trinajstić information content (AvgIpc) is 3.03. The van der Waals surface area contributed by atoms with Crippen LogP contribution in [-0.2, 0) is 17.8 Å². The van der Waals surface area contributed by atoms with Crippen molar-refractivity contribution in [1.29, 1.82) is 0 Å². The van der Waals surface area contributed by atoms with E-state index in [1.807, 2.05) is 31.2 Å². The van der Waals surface area contributed by atoms with Crippen LogP contribution in [0.2, 0.25) is 0 Å². The average molecular weight is 397 g/mol. The fraction of sp³-hybridized carbons (Fsp3) is 0.190. The van der Waals surface area contributed by atoms with E-state index in [0.717, 1.165) is 11.1 Å². The van der Waals surface area contributed by atoms with Crippen molar-refractivity contribution in [2.24, 2.45) is 0 Å². The van der Waals surface area contributed by atoms with Gasteiger partial charge in [0.15, 0.2) is 0 Å². The number of benzene rings is 2. The van der Waals surface area contributed by atoms with E-state index in [1.165, 1.54) is 35.6 Å². The molecular formula is C21H20FN3O2S. The molecule has 2 aromatic carbocycles. The molecule has 0 aliphatic heterocycles. The Bertz CT molecular complexity index is 982. The molecule has 0 saturated heterocycles. The second kappa shape index (κ2) is 8.75. The molecule has 0 spiro atoms. The van der Waals surface area contributed by atoms with Gasteiger partial charge in [-0.25, -0.2) is 9.37 Å². The maximum atomic E-state index is 12.9. The van der Waals surface area contributed by atoms with E-state index in [4.69, 9.17) is 0 Å². The minimum absolute atomic E-state index is 0.0497. The van der Waals surface area contributed by atoms with E-state index >= 15 is 0 Å². The molecule has 2 N–H and O–H groups in total. The minimum atomic E-state index is -0.366. The summed E-state index contributed by atoms with van der Waals surface area (Å²) < 4.78 is 12.9. The highest BCUT2D eigenvalue weighted by molar-refractivity contribution is 7.13. The summed E-state index contributed by atoms with van der Waals surface area (Å²) in [5.74, 6) is -0.845. The number of amides is 2. The molecule has 0 fully saturated rings. The first-order valence-corrected chi connectivity index (χ1v) is 9.58. The van der Waals surface area contributed by atoms with Crippen molar-refractivity contribution >= 4 is 28.8 Å². The van der Waals surface area contributed by atoms with Gasteiger partial charge in [0.25, 0.3) is 5.91 Å². The van der Waals surface area contributed by atoms with Gasteiger partial charge in [0.2, 0.25) is 5.91 Å². The highest BCUT2D eigenvalue weighted by Crippen LogP contribution is 2.19. The Labute approximate surface area is 166 Å². The summed E-state index contributed by atoms with van der Waals surface area (Å²) in [4.78, 5) is 29.4. The molecule has 28 heavy (non-hydrogen) atoms. The zero-order valence-electron chi connectivity index (χ0n) is 15.6. The molecule has 144 valence electrons. The predicted molar refractivity (Wildman–Crippen MR) is 108 cm³/mol. The SMILES string of the molecule is Cc1ccc(CNC(=O)c2sc(CC(=O)Nc3ccc(F)cc3)nc2C)cc1. The second-order valence-electron chi connectivity index (χ2n) is 6.42. The normalized spacial score (nSPS) is 10.5. The van der Waals surface area contributed by atoms with E-state index in [-0.39, 0.29) is 24.1 Å². The van der Waals surface area contributed by atoms with Gasteiger partial charge in [0.05, 0.1) is 12.1 Å². The van der Waals surface area contributed by atoms with Crippen LogP contribution in [0.1, 0.15) is 31.5 Å². The molecule has 0 aliphatic carbocycles. The number of thiazole rings is 1. The van der Waals surface area contributed by atoms with Gasteiger partial charge in [-0.1, -0.05) is 29.8 Å². The van der Waals surface area contributed by atoms with Crippen LogP contribution >= 0.6 is 11.3 Å². The molecule has 0 unspecified atom stereocenters. The van der Waals surface area contributed by atoms with Crippen LogP contribution in [0, 0.1) is 19.7 Å². The van der Waals surface area contributed by atoms with Gasteiger partial charge in [-0.05, 0) is 43.7 Å². The number of carbonyl (C=O) groups is 2. The second-order valence-corrected chi connectivity index (χ2v) is 7.51. The van der Waals surface area contributed by atoms with Crippen LogP contribution in [0.5, 0.6) is 0 Å². The third-order valence-electron chi connectivity index (χ3n) is 4.06. The summed E-state index contributed by atoms with van der Waals surface area (Å²) in [6, 6.07) is 13.5. The molecule has 0 aliphatic rings. The number of aromatic nitrogens is 1. The number of hydrogen-bond donors (Lipinski definition) is 2. The summed E-state index contributed by atoms with van der Waals surface area (Å²) in [5.41, 5.74) is 3.28. The number of anilines is 1. The Balaban J connectivity index is 1.58. The van der Waals surface area contributed by atoms with Crippen LogP contribution in [0.25, 0.3) is 0 Å². The van der Waals surface area contributed by atoms with Crippen LogP contribution in [0.3, 0.4) is 0 Å². The highest BCUT2D eigenvalue weighted by atomic mass is 32.1. The first-order valence-electron chi connectivity index (χ1n) is 8.76. The van der Waals surface area contributed by atoms with Gasteiger partial charge in [-0.3, -0.25) is 9.59 Å². The van der Waals surface area contributed by atoms with Gasteiger partial charge in [-0.2, -0.15) is 0 Å². The van der Waals surface area contributed by atoms with Gasteiger partial charge in [-0.15, -0.1) is 11.3 Å². The lowest BCUT2D eigenvalue weighted by atomic mass is 10.1. The number of rotatable bonds is 6. The van der Waals surface area contributed by atoms with Gasteiger partial charge < -0.3 is 10.6 Å². The van der Waals surface area contributed by atoms with E-state index in [9.17, 15) is 14.0 Å². The lowest BCUT2D eigenvalue weighted by Gasteiger charge is -2.04. The largest absolute Gasteiger partial charge is 0.347 e. The Morgan fingerprint density at radius 3 is 2.39 bits per heavy atom. The molecule has 0 saturated carbocycles. The fourth-order valence-corrected chi connectivity index (χ4v) is 3.56. The van der Waals surface area contributed by atoms with Crippen molar-refractivity contribution < 1.29 is 14.0 Å². The molecule has 5 nitrogen and oxygen atoms in total. The molecule has 7 heteroatoms. The van der Waals surface area contributed by atoms with Crippen LogP contribution in [-0.4, -0.2) is 16.8 Å². The maximum absolute atomic E-state index is 12.9. The highest BCUT2D eigenvalue weighted by Gasteiger charge is 2.17. The lowest BCUT2D eigenvalue weighted by molar-refractivity contribution is -0.115. The van der Waals surface area contributed by atoms with Crippen molar-refractivity contribution in [3.63, 3.8) is 0 Å². The first-order chi connectivity index (χ1) is 13.4. The Morgan fingerprint density at radius 1 is 1.04 bits per heavy atom. The third-order valence-corrected chi connectivity index (χ3v) is 5.22. The molecule has 0 bridgehead atoms. The number of carbonyl (C=O) groups excluding carboxylic acids is 2. The molecule has 1 aromatic heterocycles. The molecule has 3 rings (SSSR count). The molecular weight excluding hydrogens is 377 g/mol. The van der Waals surface area contributed by atoms with E-state index in [0.29, 0.717) is 27.8 Å². The van der Waals surface area contributed by atoms with Crippen molar-refractivity contribution in [1.82, 2.24) is 10.3 Å². The van der Waals surface area contributed by atoms with Crippen molar-refractivity contribution in [3.8, 4) is 0 Å². The molecule has 0 atom stereocenters. The number of nitrogens with one attached hydrogen (secondary N) is 2. The van der Waals surface area contributed by atoms with Gasteiger partial charge >= 0.3 is 0 Å². The van der Waals surface area contributed by atoms with Crippen molar-refractivity contribution in [2.75, 3.05) is 5.32 Å². The standard InChI is InChI=1S/C21H20FN3O2S/c1-13-3-5-15(6-4-13)12-23-21(27)20-14(2)24-19(28-20)11-18(26)25-17-9-7-16(22)8-10-17/h3-10H,11-12H2,1-2H3,(H,23,27)(H,25,26). The summed E-state index contributed by atoms with van der Waals surface area (Å²) in [5, 5.41) is 6.12. The Hall–Kier alpha value is -3.06. The van der Waals surface area contributed by atoms with Gasteiger partial charge in [0.1, 0.15) is 15.7 Å². The fourth-order valence-electron chi connectivity index (χ4n) is 2.58. The number of halogens is 1. The minimum Gasteiger partial charge on any atom is -0.347 e. The molecule has 1 heterocycles. The third kappa shape index (κ3) is 5.23. The first kappa shape index (κ1) is 19.7. The van der Waals surface area contributed by atoms with E-state index in [2.05, 4.69) is 15.6 Å². The van der Waals surface area contributed by atoms with Crippen molar-refractivity contribution in [2.45, 2.75) is 26.8 Å². The topological polar surface area (TPSA) is 71.1 Å². The van der Waals surface area contributed by atoms with Crippen molar-refractivity contribution in [3.05, 3.63) is 81.1 Å². The van der Waals surface area contributed by atoms with Crippen LogP contribution < -0.4 is 10.6 Å². The Morgan fingerprint density at radius 2 is 1.71 bits per heavy atom. The van der Waals surface area contributed by atoms with Gasteiger partial charge in [0, 0.05) is 12.2 Å². The zero-order chi connectivity index (χ0) is 20.1. The Kier molecular flexibility index (Phi) is 6.16. The van der Waals surface area contributed by atoms with Crippen LogP contribution in [0.15, 0.2) is 48.5 Å². The lowest BCUT2D eigenvalue weighted by Crippen LogP contribution is -2.22. The predicted octanol–water partition coefficient (Wildman–Crippen LogP) is 4.01. The van der Waals surface area contributed by atoms with E-state index in [1.54, 1.807) is 6.92 Å². The number of aryl methyl sites for hydroxylation is 2. The smallest absolute Gasteiger partial charge is 0.263 e. The summed E-state index contributed by atoms with van der Waals surface area (Å²) in [7, 11) is 0. The molecule has 0 radical (unpaired) electrons. The zero-order valence-corrected chi connectivity index (χ0v) is 16.4. The summed E-state index contributed by atoms with van der Waals surface area (Å²) in [6.45, 7) is 4.19. The monoisotopic (exact) mass is 397 g/mol. The molecule has 2 amide bonds. The quantitative estimate of drug-likeness (QED) is 0.660. The number of nitrogens with zero attached hydrogens (tertiary/aromatic N) is 1. The summed E-state index contributed by atoms with van der Waals surface area (Å²) >= 11 is 1.20. The summed E-state index contributed by atoms with van der Waals surface area (Å²) in [6.07, 6.45) is 0.0497. The number of hydrogen-bond acceptors (Lipinski definition) is 4. The maximum Gasteiger partial charge on any atom is 0.263 e. The molecule has 3 aromatic rings. The van der Waals surface area contributed by atoms with Crippen LogP contribution in [0.4, 0.5) is 10.1 Å².